The molecular weight excluding hydrogens is 286 g/mol. The van der Waals surface area contributed by atoms with Crippen molar-refractivity contribution < 1.29 is 19.4 Å². The van der Waals surface area contributed by atoms with E-state index in [0.717, 1.165) is 11.3 Å². The monoisotopic (exact) mass is 301 g/mol. The number of aromatic nitrogens is 2. The lowest BCUT2D eigenvalue weighted by Crippen LogP contribution is -2.32. The summed E-state index contributed by atoms with van der Waals surface area (Å²) in [5.41, 5.74) is 0.889. The molecule has 0 radical (unpaired) electrons. The van der Waals surface area contributed by atoms with Crippen molar-refractivity contribution >= 4 is 11.9 Å². The number of carboxylic acid groups (broad SMARTS) is 1. The predicted molar refractivity (Wildman–Crippen MR) is 76.9 cm³/mol. The lowest BCUT2D eigenvalue weighted by atomic mass is 10.0. The third-order valence-corrected chi connectivity index (χ3v) is 3.54. The van der Waals surface area contributed by atoms with Gasteiger partial charge in [-0.3, -0.25) is 4.79 Å². The van der Waals surface area contributed by atoms with E-state index in [0.29, 0.717) is 19.7 Å². The highest BCUT2D eigenvalue weighted by atomic mass is 16.5. The molecule has 1 aliphatic heterocycles. The van der Waals surface area contributed by atoms with Gasteiger partial charge in [-0.15, -0.1) is 0 Å². The molecule has 1 amide bonds. The Hall–Kier alpha value is -2.83. The highest BCUT2D eigenvalue weighted by Crippen LogP contribution is 2.33. The first-order valence-electron chi connectivity index (χ1n) is 6.89. The van der Waals surface area contributed by atoms with Gasteiger partial charge >= 0.3 is 5.97 Å². The number of carboxylic acids is 1. The molecule has 1 atom stereocenters. The van der Waals surface area contributed by atoms with E-state index in [4.69, 9.17) is 9.84 Å². The van der Waals surface area contributed by atoms with Crippen LogP contribution in [0.1, 0.15) is 22.0 Å². The maximum Gasteiger partial charge on any atom is 0.356 e. The molecule has 1 aromatic carbocycles. The van der Waals surface area contributed by atoms with Gasteiger partial charge in [0, 0.05) is 24.8 Å². The van der Waals surface area contributed by atoms with E-state index < -0.39 is 5.97 Å². The molecule has 7 nitrogen and oxygen atoms in total. The number of amides is 1. The van der Waals surface area contributed by atoms with E-state index in [-0.39, 0.29) is 17.5 Å². The minimum absolute atomic E-state index is 0.00977. The molecule has 1 unspecified atom stereocenters. The fraction of sp³-hybridized carbons (Fsp3) is 0.267. The fourth-order valence-corrected chi connectivity index (χ4v) is 2.40. The van der Waals surface area contributed by atoms with Crippen LogP contribution in [0.2, 0.25) is 0 Å². The number of aromatic carboxylic acids is 1. The van der Waals surface area contributed by atoms with Gasteiger partial charge in [-0.05, 0) is 6.07 Å². The number of carbonyl (C=O) groups is 2. The quantitative estimate of drug-likeness (QED) is 0.855. The summed E-state index contributed by atoms with van der Waals surface area (Å²) in [6.07, 6.45) is 2.87. The van der Waals surface area contributed by atoms with Gasteiger partial charge in [-0.25, -0.2) is 9.78 Å². The van der Waals surface area contributed by atoms with Crippen LogP contribution in [0, 0.1) is 0 Å². The Kier molecular flexibility index (Phi) is 3.78. The first-order chi connectivity index (χ1) is 10.6. The Morgan fingerprint density at radius 1 is 1.41 bits per heavy atom. The maximum atomic E-state index is 12.2. The fourth-order valence-electron chi connectivity index (χ4n) is 2.40. The molecule has 0 fully saturated rings. The van der Waals surface area contributed by atoms with Gasteiger partial charge in [-0.1, -0.05) is 18.2 Å². The number of hydrogen-bond acceptors (Lipinski definition) is 4. The number of carbonyl (C=O) groups excluding carboxylic acids is 1. The van der Waals surface area contributed by atoms with E-state index in [1.807, 2.05) is 24.3 Å². The van der Waals surface area contributed by atoms with E-state index in [1.54, 1.807) is 4.57 Å². The van der Waals surface area contributed by atoms with Gasteiger partial charge in [-0.2, -0.15) is 0 Å². The van der Waals surface area contributed by atoms with Gasteiger partial charge in [0.15, 0.2) is 5.69 Å². The molecule has 0 bridgehead atoms. The number of nitrogens with zero attached hydrogens (tertiary/aromatic N) is 2. The van der Waals surface area contributed by atoms with E-state index in [9.17, 15) is 9.59 Å². The summed E-state index contributed by atoms with van der Waals surface area (Å²) in [4.78, 5) is 26.7. The lowest BCUT2D eigenvalue weighted by Gasteiger charge is -2.10. The number of ether oxygens (including phenoxy) is 1. The molecule has 0 spiro atoms. The zero-order valence-corrected chi connectivity index (χ0v) is 11.7. The van der Waals surface area contributed by atoms with Gasteiger partial charge in [0.25, 0.3) is 0 Å². The third kappa shape index (κ3) is 2.78. The summed E-state index contributed by atoms with van der Waals surface area (Å²) < 4.78 is 7.11. The SMILES string of the molecule is O=C(O)c1cn(CCNC(=O)C2COc3ccccc32)cn1. The summed E-state index contributed by atoms with van der Waals surface area (Å²) in [5, 5.41) is 11.6. The van der Waals surface area contributed by atoms with Crippen LogP contribution in [-0.2, 0) is 11.3 Å². The first-order valence-corrected chi connectivity index (χ1v) is 6.89. The van der Waals surface area contributed by atoms with Crippen LogP contribution in [0.25, 0.3) is 0 Å². The molecule has 114 valence electrons. The Bertz CT molecular complexity index is 710. The number of hydrogen-bond donors (Lipinski definition) is 2. The smallest absolute Gasteiger partial charge is 0.356 e. The third-order valence-electron chi connectivity index (χ3n) is 3.54. The average molecular weight is 301 g/mol. The molecule has 1 aromatic heterocycles. The molecular formula is C15H15N3O4. The van der Waals surface area contributed by atoms with Crippen LogP contribution in [-0.4, -0.2) is 39.7 Å². The van der Waals surface area contributed by atoms with Crippen molar-refractivity contribution in [3.05, 3.63) is 48.0 Å². The van der Waals surface area contributed by atoms with Crippen LogP contribution in [0.5, 0.6) is 5.75 Å². The van der Waals surface area contributed by atoms with Crippen molar-refractivity contribution in [3.63, 3.8) is 0 Å². The number of para-hydroxylation sites is 1. The topological polar surface area (TPSA) is 93.5 Å². The van der Waals surface area contributed by atoms with Crippen molar-refractivity contribution in [2.24, 2.45) is 0 Å². The van der Waals surface area contributed by atoms with Crippen LogP contribution in [0.3, 0.4) is 0 Å². The van der Waals surface area contributed by atoms with E-state index in [1.165, 1.54) is 12.5 Å². The Labute approximate surface area is 126 Å². The summed E-state index contributed by atoms with van der Waals surface area (Å²) in [6.45, 7) is 1.20. The van der Waals surface area contributed by atoms with Crippen molar-refractivity contribution in [2.45, 2.75) is 12.5 Å². The molecule has 7 heteroatoms. The highest BCUT2D eigenvalue weighted by Gasteiger charge is 2.29. The molecule has 0 saturated carbocycles. The second-order valence-corrected chi connectivity index (χ2v) is 4.99. The summed E-state index contributed by atoms with van der Waals surface area (Å²) in [6, 6.07) is 7.49. The first kappa shape index (κ1) is 14.1. The average Bonchev–Trinajstić information content (AvgIpc) is 3.13. The molecule has 2 heterocycles. The number of rotatable bonds is 5. The van der Waals surface area contributed by atoms with E-state index in [2.05, 4.69) is 10.3 Å². The van der Waals surface area contributed by atoms with Gasteiger partial charge in [0.1, 0.15) is 18.3 Å². The largest absolute Gasteiger partial charge is 0.492 e. The van der Waals surface area contributed by atoms with Crippen molar-refractivity contribution in [2.75, 3.05) is 13.2 Å². The second kappa shape index (κ2) is 5.88. The van der Waals surface area contributed by atoms with Gasteiger partial charge < -0.3 is 19.7 Å². The number of benzene rings is 1. The standard InChI is InChI=1S/C15H15N3O4/c19-14(11-8-22-13-4-2-1-3-10(11)13)16-5-6-18-7-12(15(20)21)17-9-18/h1-4,7,9,11H,5-6,8H2,(H,16,19)(H,20,21). The summed E-state index contributed by atoms with van der Waals surface area (Å²) >= 11 is 0. The minimum Gasteiger partial charge on any atom is -0.492 e. The molecule has 2 N–H and O–H groups in total. The van der Waals surface area contributed by atoms with Crippen LogP contribution in [0.15, 0.2) is 36.8 Å². The lowest BCUT2D eigenvalue weighted by molar-refractivity contribution is -0.122. The minimum atomic E-state index is -1.07. The Morgan fingerprint density at radius 2 is 2.23 bits per heavy atom. The second-order valence-electron chi connectivity index (χ2n) is 4.99. The number of imidazole rings is 1. The molecule has 2 aromatic rings. The van der Waals surface area contributed by atoms with Crippen LogP contribution >= 0.6 is 0 Å². The van der Waals surface area contributed by atoms with Gasteiger partial charge in [0.05, 0.1) is 6.33 Å². The normalized spacial score (nSPS) is 15.9. The van der Waals surface area contributed by atoms with Crippen molar-refractivity contribution in [1.29, 1.82) is 0 Å². The van der Waals surface area contributed by atoms with Crippen molar-refractivity contribution in [3.8, 4) is 5.75 Å². The van der Waals surface area contributed by atoms with Crippen LogP contribution in [0.4, 0.5) is 0 Å². The van der Waals surface area contributed by atoms with E-state index >= 15 is 0 Å². The van der Waals surface area contributed by atoms with Gasteiger partial charge in [0.2, 0.25) is 5.91 Å². The molecule has 1 aliphatic rings. The molecule has 22 heavy (non-hydrogen) atoms. The maximum absolute atomic E-state index is 12.2. The number of fused-ring (bicyclic) bond motifs is 1. The molecule has 0 aliphatic carbocycles. The Balaban J connectivity index is 1.54. The summed E-state index contributed by atoms with van der Waals surface area (Å²) in [7, 11) is 0. The zero-order chi connectivity index (χ0) is 15.5. The number of nitrogens with one attached hydrogen (secondary N) is 1. The molecule has 0 saturated heterocycles. The molecule has 3 rings (SSSR count). The van der Waals surface area contributed by atoms with Crippen molar-refractivity contribution in [1.82, 2.24) is 14.9 Å². The summed E-state index contributed by atoms with van der Waals surface area (Å²) in [5.74, 6) is -0.706. The predicted octanol–water partition coefficient (Wildman–Crippen LogP) is 0.874. The zero-order valence-electron chi connectivity index (χ0n) is 11.7. The van der Waals surface area contributed by atoms with Crippen LogP contribution < -0.4 is 10.1 Å². The Morgan fingerprint density at radius 3 is 3.00 bits per heavy atom. The highest BCUT2D eigenvalue weighted by molar-refractivity contribution is 5.85.